The second kappa shape index (κ2) is 17.7. The van der Waals surface area contributed by atoms with Crippen LogP contribution in [0.5, 0.6) is 0 Å². The molecule has 0 saturated heterocycles. The molecule has 27 heavy (non-hydrogen) atoms. The van der Waals surface area contributed by atoms with Crippen molar-refractivity contribution in [3.8, 4) is 0 Å². The fourth-order valence-electron chi connectivity index (χ4n) is 3.96. The van der Waals surface area contributed by atoms with Crippen molar-refractivity contribution in [1.82, 2.24) is 4.90 Å². The lowest BCUT2D eigenvalue weighted by Gasteiger charge is -2.28. The average Bonchev–Trinajstić information content (AvgIpc) is 2.59. The van der Waals surface area contributed by atoms with Crippen LogP contribution in [0, 0.1) is 0 Å². The maximum atomic E-state index is 6.36. The molecule has 2 heteroatoms. The van der Waals surface area contributed by atoms with Crippen LogP contribution in [0.3, 0.4) is 0 Å². The molecule has 0 aromatic heterocycles. The molecular weight excluding hydrogens is 328 g/mol. The summed E-state index contributed by atoms with van der Waals surface area (Å²) in [7, 11) is 4.18. The molecule has 0 aromatic rings. The van der Waals surface area contributed by atoms with E-state index in [9.17, 15) is 0 Å². The van der Waals surface area contributed by atoms with Crippen molar-refractivity contribution in [1.29, 1.82) is 0 Å². The van der Waals surface area contributed by atoms with Crippen molar-refractivity contribution in [3.05, 3.63) is 12.2 Å². The van der Waals surface area contributed by atoms with Gasteiger partial charge in [-0.15, -0.1) is 0 Å². The normalized spacial score (nSPS) is 13.9. The molecule has 0 fully saturated rings. The number of unbranched alkanes of at least 4 members (excludes halogenated alkanes) is 13. The van der Waals surface area contributed by atoms with E-state index in [0.29, 0.717) is 0 Å². The third-order valence-electron chi connectivity index (χ3n) is 5.61. The van der Waals surface area contributed by atoms with Crippen LogP contribution < -0.4 is 5.73 Å². The van der Waals surface area contributed by atoms with Gasteiger partial charge in [-0.05, 0) is 46.7 Å². The lowest BCUT2D eigenvalue weighted by Crippen LogP contribution is -2.45. The third kappa shape index (κ3) is 20.2. The monoisotopic (exact) mass is 380 g/mol. The number of likely N-dealkylation sites (N-methyl/N-ethyl adjacent to an activating group) is 1. The predicted octanol–water partition coefficient (Wildman–Crippen LogP) is 7.47. The Bertz CT molecular complexity index is 333. The first-order valence-electron chi connectivity index (χ1n) is 12.0. The van der Waals surface area contributed by atoms with E-state index in [0.717, 1.165) is 19.4 Å². The van der Waals surface area contributed by atoms with Crippen molar-refractivity contribution in [2.24, 2.45) is 5.73 Å². The van der Waals surface area contributed by atoms with Gasteiger partial charge in [0, 0.05) is 12.1 Å². The van der Waals surface area contributed by atoms with Gasteiger partial charge in [-0.1, -0.05) is 103 Å². The molecule has 0 radical (unpaired) electrons. The summed E-state index contributed by atoms with van der Waals surface area (Å²) in [6, 6.07) is 0. The lowest BCUT2D eigenvalue weighted by atomic mass is 9.92. The van der Waals surface area contributed by atoms with Gasteiger partial charge in [-0.2, -0.15) is 0 Å². The molecule has 0 heterocycles. The Morgan fingerprint density at radius 1 is 0.741 bits per heavy atom. The van der Waals surface area contributed by atoms with Gasteiger partial charge in [0.25, 0.3) is 0 Å². The minimum atomic E-state index is -0.0953. The number of hydrogen-bond donors (Lipinski definition) is 1. The molecule has 0 aliphatic heterocycles. The van der Waals surface area contributed by atoms with Crippen LogP contribution in [0.4, 0.5) is 0 Å². The first-order valence-corrected chi connectivity index (χ1v) is 12.0. The Balaban J connectivity index is 3.33. The van der Waals surface area contributed by atoms with Gasteiger partial charge in [0.2, 0.25) is 0 Å². The third-order valence-corrected chi connectivity index (χ3v) is 5.61. The van der Waals surface area contributed by atoms with E-state index in [-0.39, 0.29) is 5.54 Å². The Kier molecular flexibility index (Phi) is 17.5. The van der Waals surface area contributed by atoms with Gasteiger partial charge >= 0.3 is 0 Å². The Hall–Kier alpha value is -0.340. The molecule has 0 spiro atoms. The van der Waals surface area contributed by atoms with E-state index in [1.807, 2.05) is 0 Å². The van der Waals surface area contributed by atoms with Gasteiger partial charge in [-0.3, -0.25) is 0 Å². The molecule has 1 unspecified atom stereocenters. The van der Waals surface area contributed by atoms with Crippen molar-refractivity contribution in [2.45, 2.75) is 129 Å². The summed E-state index contributed by atoms with van der Waals surface area (Å²) >= 11 is 0. The zero-order chi connectivity index (χ0) is 20.4. The van der Waals surface area contributed by atoms with E-state index in [4.69, 9.17) is 5.73 Å². The molecule has 0 aliphatic carbocycles. The summed E-state index contributed by atoms with van der Waals surface area (Å²) in [6.45, 7) is 9.66. The van der Waals surface area contributed by atoms with Crippen LogP contribution in [0.15, 0.2) is 12.2 Å². The topological polar surface area (TPSA) is 29.3 Å². The van der Waals surface area contributed by atoms with Crippen LogP contribution in [0.1, 0.15) is 123 Å². The first kappa shape index (κ1) is 26.7. The smallest absolute Gasteiger partial charge is 0.0257 e. The minimum absolute atomic E-state index is 0.0953. The van der Waals surface area contributed by atoms with Crippen molar-refractivity contribution >= 4 is 0 Å². The predicted molar refractivity (Wildman–Crippen MR) is 124 cm³/mol. The first-order chi connectivity index (χ1) is 12.9. The maximum absolute atomic E-state index is 6.36. The van der Waals surface area contributed by atoms with Crippen molar-refractivity contribution in [2.75, 3.05) is 20.6 Å². The van der Waals surface area contributed by atoms with E-state index < -0.39 is 0 Å². The maximum Gasteiger partial charge on any atom is 0.0257 e. The highest BCUT2D eigenvalue weighted by molar-refractivity contribution is 4.97. The second-order valence-corrected chi connectivity index (χ2v) is 9.49. The molecule has 2 nitrogen and oxygen atoms in total. The zero-order valence-corrected chi connectivity index (χ0v) is 19.5. The molecule has 2 N–H and O–H groups in total. The molecule has 1 atom stereocenters. The molecular formula is C25H52N2. The minimum Gasteiger partial charge on any atom is -0.324 e. The number of nitrogens with two attached hydrogens (primary N) is 1. The summed E-state index contributed by atoms with van der Waals surface area (Å²) in [5.74, 6) is 0. The van der Waals surface area contributed by atoms with Crippen LogP contribution in [-0.2, 0) is 0 Å². The van der Waals surface area contributed by atoms with Gasteiger partial charge < -0.3 is 10.6 Å². The highest BCUT2D eigenvalue weighted by atomic mass is 15.1. The van der Waals surface area contributed by atoms with E-state index in [1.54, 1.807) is 0 Å². The molecule has 0 aromatic carbocycles. The lowest BCUT2D eigenvalue weighted by molar-refractivity contribution is 0.286. The largest absolute Gasteiger partial charge is 0.324 e. The Labute approximate surface area is 172 Å². The van der Waals surface area contributed by atoms with E-state index >= 15 is 0 Å². The molecule has 0 bridgehead atoms. The van der Waals surface area contributed by atoms with E-state index in [1.165, 1.54) is 102 Å². The van der Waals surface area contributed by atoms with Gasteiger partial charge in [0.05, 0.1) is 0 Å². The molecule has 162 valence electrons. The highest BCUT2D eigenvalue weighted by Gasteiger charge is 2.19. The van der Waals surface area contributed by atoms with Gasteiger partial charge in [0.1, 0.15) is 0 Å². The zero-order valence-electron chi connectivity index (χ0n) is 19.5. The summed E-state index contributed by atoms with van der Waals surface area (Å²) in [4.78, 5) is 2.18. The molecule has 0 aliphatic rings. The van der Waals surface area contributed by atoms with Gasteiger partial charge in [0.15, 0.2) is 0 Å². The Morgan fingerprint density at radius 3 is 1.56 bits per heavy atom. The number of nitrogens with zero attached hydrogens (tertiary/aromatic N) is 1. The molecule has 0 saturated carbocycles. The molecule has 0 rings (SSSR count). The van der Waals surface area contributed by atoms with Crippen LogP contribution >= 0.6 is 0 Å². The van der Waals surface area contributed by atoms with E-state index in [2.05, 4.69) is 39.4 Å². The van der Waals surface area contributed by atoms with Crippen molar-refractivity contribution in [3.63, 3.8) is 0 Å². The average molecular weight is 381 g/mol. The highest BCUT2D eigenvalue weighted by Crippen LogP contribution is 2.19. The summed E-state index contributed by atoms with van der Waals surface area (Å²) in [5.41, 5.74) is 7.66. The van der Waals surface area contributed by atoms with Crippen LogP contribution in [0.25, 0.3) is 0 Å². The SMILES string of the molecule is C=C(CCCCCCCCCCCCCCCC)CCC(C)(N)CN(C)C. The Morgan fingerprint density at radius 2 is 1.15 bits per heavy atom. The van der Waals surface area contributed by atoms with Crippen molar-refractivity contribution < 1.29 is 0 Å². The van der Waals surface area contributed by atoms with Gasteiger partial charge in [-0.25, -0.2) is 0 Å². The summed E-state index contributed by atoms with van der Waals surface area (Å²) < 4.78 is 0. The number of rotatable bonds is 20. The summed E-state index contributed by atoms with van der Waals surface area (Å²) in [5, 5.41) is 0. The number of allylic oxidation sites excluding steroid dienone is 1. The standard InChI is InChI=1S/C25H52N2/c1-6-7-8-9-10-11-12-13-14-15-16-17-18-19-20-24(2)21-22-25(3,26)23-27(4)5/h2,6-23,26H2,1,3-5H3. The van der Waals surface area contributed by atoms with Crippen LogP contribution in [-0.4, -0.2) is 31.1 Å². The quantitative estimate of drug-likeness (QED) is 0.175. The second-order valence-electron chi connectivity index (χ2n) is 9.49. The summed E-state index contributed by atoms with van der Waals surface area (Å²) in [6.07, 6.45) is 23.2. The van der Waals surface area contributed by atoms with Crippen LogP contribution in [0.2, 0.25) is 0 Å². The fourth-order valence-corrected chi connectivity index (χ4v) is 3.96. The molecule has 0 amide bonds. The fraction of sp³-hybridized carbons (Fsp3) is 0.920. The number of hydrogen-bond acceptors (Lipinski definition) is 2.